The first-order chi connectivity index (χ1) is 22.3. The van der Waals surface area contributed by atoms with E-state index in [0.717, 1.165) is 55.2 Å². The summed E-state index contributed by atoms with van der Waals surface area (Å²) >= 11 is 1.70. The zero-order valence-corrected chi connectivity index (χ0v) is 24.5. The summed E-state index contributed by atoms with van der Waals surface area (Å²) in [6, 6.07) is 40.3. The van der Waals surface area contributed by atoms with Crippen molar-refractivity contribution in [1.82, 2.24) is 19.4 Å². The average molecular weight is 593 g/mol. The summed E-state index contributed by atoms with van der Waals surface area (Å²) in [4.78, 5) is 15.1. The average Bonchev–Trinajstić information content (AvgIpc) is 3.86. The highest BCUT2D eigenvalue weighted by Gasteiger charge is 2.22. The Bertz CT molecular complexity index is 3000. The van der Waals surface area contributed by atoms with Crippen molar-refractivity contribution in [2.45, 2.75) is 0 Å². The molecule has 0 atom stereocenters. The highest BCUT2D eigenvalue weighted by molar-refractivity contribution is 7.18. The number of aromatic nitrogens is 4. The number of rotatable bonds is 2. The van der Waals surface area contributed by atoms with E-state index in [0.29, 0.717) is 5.82 Å². The molecule has 0 aliphatic rings. The fraction of sp³-hybridized carbons (Fsp3) is 0. The minimum absolute atomic E-state index is 0.689. The molecular formula is C39H20N4OS. The maximum Gasteiger partial charge on any atom is 0.160 e. The molecule has 6 heteroatoms. The van der Waals surface area contributed by atoms with Crippen LogP contribution in [0.15, 0.2) is 125 Å². The molecule has 0 unspecified atom stereocenters. The lowest BCUT2D eigenvalue weighted by atomic mass is 10.0. The van der Waals surface area contributed by atoms with Crippen LogP contribution in [0, 0.1) is 0 Å². The predicted molar refractivity (Wildman–Crippen MR) is 186 cm³/mol. The molecule has 11 aromatic rings. The van der Waals surface area contributed by atoms with Crippen LogP contribution < -0.4 is 0 Å². The third-order valence-electron chi connectivity index (χ3n) is 9.28. The van der Waals surface area contributed by atoms with Gasteiger partial charge in [0.05, 0.1) is 43.5 Å². The molecule has 5 aromatic heterocycles. The Morgan fingerprint density at radius 3 is 2.36 bits per heavy atom. The van der Waals surface area contributed by atoms with E-state index in [1.165, 1.54) is 42.8 Å². The van der Waals surface area contributed by atoms with Crippen LogP contribution in [-0.2, 0) is 0 Å². The standard InChI is InChI=1S/C39H20N4OS/c1-4-13-29-25(10-1)35(26-12-7-11-24-23-9-3-6-15-33(23)44-37(24)26)42-39(41-29)21-16-17-32-28(18-21)34-36-27(19-30-38(34)45-20-40-30)22-8-2-5-14-31(22)43(32)36/h1-20H. The van der Waals surface area contributed by atoms with Crippen LogP contribution in [-0.4, -0.2) is 19.4 Å². The molecule has 11 rings (SSSR count). The minimum Gasteiger partial charge on any atom is -0.455 e. The third kappa shape index (κ3) is 3.04. The molecule has 208 valence electrons. The normalized spacial score (nSPS) is 12.4. The Morgan fingerprint density at radius 1 is 0.600 bits per heavy atom. The molecule has 5 nitrogen and oxygen atoms in total. The zero-order valence-electron chi connectivity index (χ0n) is 23.7. The van der Waals surface area contributed by atoms with Gasteiger partial charge in [-0.25, -0.2) is 15.0 Å². The quantitative estimate of drug-likeness (QED) is 0.200. The fourth-order valence-electron chi connectivity index (χ4n) is 7.36. The van der Waals surface area contributed by atoms with Gasteiger partial charge in [0, 0.05) is 48.8 Å². The monoisotopic (exact) mass is 592 g/mol. The van der Waals surface area contributed by atoms with Gasteiger partial charge in [0.1, 0.15) is 11.2 Å². The van der Waals surface area contributed by atoms with Crippen molar-refractivity contribution in [3.63, 3.8) is 0 Å². The van der Waals surface area contributed by atoms with E-state index < -0.39 is 0 Å². The summed E-state index contributed by atoms with van der Waals surface area (Å²) in [5.74, 6) is 0.689. The lowest BCUT2D eigenvalue weighted by molar-refractivity contribution is 0.670. The highest BCUT2D eigenvalue weighted by atomic mass is 32.1. The molecule has 0 aliphatic heterocycles. The predicted octanol–water partition coefficient (Wildman–Crippen LogP) is 10.6. The van der Waals surface area contributed by atoms with E-state index in [1.54, 1.807) is 11.3 Å². The Labute approximate surface area is 259 Å². The molecule has 0 radical (unpaired) electrons. The van der Waals surface area contributed by atoms with Crippen LogP contribution in [0.5, 0.6) is 0 Å². The Morgan fingerprint density at radius 2 is 1.40 bits per heavy atom. The van der Waals surface area contributed by atoms with Gasteiger partial charge in [-0.15, -0.1) is 11.3 Å². The van der Waals surface area contributed by atoms with Crippen LogP contribution in [0.4, 0.5) is 0 Å². The van der Waals surface area contributed by atoms with Crippen LogP contribution in [0.1, 0.15) is 0 Å². The Hall–Kier alpha value is -5.85. The zero-order chi connectivity index (χ0) is 29.2. The molecule has 0 bridgehead atoms. The molecule has 0 saturated carbocycles. The van der Waals surface area contributed by atoms with Gasteiger partial charge in [0.15, 0.2) is 5.82 Å². The first kappa shape index (κ1) is 23.6. The van der Waals surface area contributed by atoms with E-state index in [4.69, 9.17) is 19.4 Å². The first-order valence-corrected chi connectivity index (χ1v) is 15.8. The molecule has 0 spiro atoms. The summed E-state index contributed by atoms with van der Waals surface area (Å²) in [7, 11) is 0. The lowest BCUT2D eigenvalue weighted by Crippen LogP contribution is -1.95. The van der Waals surface area contributed by atoms with Gasteiger partial charge in [-0.3, -0.25) is 0 Å². The van der Waals surface area contributed by atoms with Crippen LogP contribution in [0.25, 0.3) is 104 Å². The maximum atomic E-state index is 6.45. The summed E-state index contributed by atoms with van der Waals surface area (Å²) in [5, 5.41) is 8.10. The molecule has 6 aromatic carbocycles. The van der Waals surface area contributed by atoms with Gasteiger partial charge in [0.25, 0.3) is 0 Å². The Kier molecular flexibility index (Phi) is 4.41. The first-order valence-electron chi connectivity index (χ1n) is 14.9. The van der Waals surface area contributed by atoms with Crippen LogP contribution in [0.2, 0.25) is 0 Å². The topological polar surface area (TPSA) is 56.2 Å². The molecule has 0 aliphatic carbocycles. The van der Waals surface area contributed by atoms with Crippen molar-refractivity contribution in [3.8, 4) is 22.6 Å². The number of nitrogens with zero attached hydrogens (tertiary/aromatic N) is 4. The van der Waals surface area contributed by atoms with Crippen molar-refractivity contribution in [1.29, 1.82) is 0 Å². The number of fused-ring (bicyclic) bond motifs is 12. The van der Waals surface area contributed by atoms with Crippen molar-refractivity contribution in [2.75, 3.05) is 0 Å². The molecule has 0 amide bonds. The molecule has 5 heterocycles. The van der Waals surface area contributed by atoms with Gasteiger partial charge in [-0.2, -0.15) is 0 Å². The second kappa shape index (κ2) is 8.40. The summed E-state index contributed by atoms with van der Waals surface area (Å²) in [6.07, 6.45) is 0. The maximum absolute atomic E-state index is 6.45. The minimum atomic E-state index is 0.689. The van der Waals surface area contributed by atoms with Crippen molar-refractivity contribution in [3.05, 3.63) is 121 Å². The van der Waals surface area contributed by atoms with Gasteiger partial charge in [-0.05, 0) is 48.5 Å². The second-order valence-corrected chi connectivity index (χ2v) is 12.5. The van der Waals surface area contributed by atoms with Gasteiger partial charge < -0.3 is 8.82 Å². The van der Waals surface area contributed by atoms with Crippen molar-refractivity contribution < 1.29 is 4.42 Å². The van der Waals surface area contributed by atoms with Gasteiger partial charge in [-0.1, -0.05) is 66.7 Å². The number of hydrogen-bond donors (Lipinski definition) is 0. The number of thiazole rings is 1. The largest absolute Gasteiger partial charge is 0.455 e. The number of para-hydroxylation sites is 4. The van der Waals surface area contributed by atoms with Crippen molar-refractivity contribution in [2.24, 2.45) is 0 Å². The smallest absolute Gasteiger partial charge is 0.160 e. The number of furan rings is 1. The van der Waals surface area contributed by atoms with Crippen LogP contribution in [0.3, 0.4) is 0 Å². The molecule has 0 N–H and O–H groups in total. The second-order valence-electron chi connectivity index (χ2n) is 11.6. The lowest BCUT2D eigenvalue weighted by Gasteiger charge is -2.10. The van der Waals surface area contributed by atoms with Gasteiger partial charge >= 0.3 is 0 Å². The van der Waals surface area contributed by atoms with E-state index in [1.807, 2.05) is 29.8 Å². The van der Waals surface area contributed by atoms with E-state index in [-0.39, 0.29) is 0 Å². The summed E-state index contributed by atoms with van der Waals surface area (Å²) in [5.41, 5.74) is 12.0. The van der Waals surface area contributed by atoms with Gasteiger partial charge in [0.2, 0.25) is 0 Å². The molecule has 45 heavy (non-hydrogen) atoms. The van der Waals surface area contributed by atoms with E-state index in [9.17, 15) is 0 Å². The van der Waals surface area contributed by atoms with E-state index in [2.05, 4.69) is 95.4 Å². The summed E-state index contributed by atoms with van der Waals surface area (Å²) < 4.78 is 10.1. The highest BCUT2D eigenvalue weighted by Crippen LogP contribution is 2.45. The summed E-state index contributed by atoms with van der Waals surface area (Å²) in [6.45, 7) is 0. The van der Waals surface area contributed by atoms with Crippen molar-refractivity contribution >= 4 is 92.5 Å². The third-order valence-corrected chi connectivity index (χ3v) is 10.1. The SMILES string of the molecule is c1ccc2c(-c3cccc4c3oc3ccccc34)nc(-c3ccc4c(c3)c3c5scnc5cc5c6ccccc6n4c53)nc2c1. The molecule has 0 saturated heterocycles. The molecular weight excluding hydrogens is 573 g/mol. The Balaban J connectivity index is 1.22. The number of benzene rings is 6. The number of hydrogen-bond acceptors (Lipinski definition) is 5. The fourth-order valence-corrected chi connectivity index (χ4v) is 8.19. The molecule has 0 fully saturated rings. The van der Waals surface area contributed by atoms with Crippen LogP contribution >= 0.6 is 11.3 Å². The van der Waals surface area contributed by atoms with E-state index >= 15 is 0 Å².